The molecule has 0 aliphatic heterocycles. The van der Waals surface area contributed by atoms with Crippen LogP contribution < -0.4 is 0 Å². The first-order chi connectivity index (χ1) is 8.69. The maximum absolute atomic E-state index is 12.8. The quantitative estimate of drug-likeness (QED) is 0.616. The molecule has 92 valence electrons. The highest BCUT2D eigenvalue weighted by Gasteiger charge is 2.01. The van der Waals surface area contributed by atoms with Gasteiger partial charge in [0.05, 0.1) is 12.8 Å². The number of hydrogen-bond donors (Lipinski definition) is 0. The summed E-state index contributed by atoms with van der Waals surface area (Å²) in [6.07, 6.45) is 4.44. The number of halogens is 1. The van der Waals surface area contributed by atoms with Crippen LogP contribution in [0.4, 0.5) is 4.39 Å². The fraction of sp³-hybridized carbons (Fsp3) is 0.0769. The van der Waals surface area contributed by atoms with Crippen LogP contribution in [0.5, 0.6) is 0 Å². The van der Waals surface area contributed by atoms with Crippen molar-refractivity contribution in [2.24, 2.45) is 0 Å². The van der Waals surface area contributed by atoms with Gasteiger partial charge in [-0.25, -0.2) is 13.9 Å². The number of methoxy groups -OCH3 is 1. The van der Waals surface area contributed by atoms with Gasteiger partial charge >= 0.3 is 5.97 Å². The number of nitrogens with zero attached hydrogens (tertiary/aromatic N) is 2. The highest BCUT2D eigenvalue weighted by molar-refractivity contribution is 5.84. The van der Waals surface area contributed by atoms with Crippen LogP contribution in [-0.4, -0.2) is 22.9 Å². The topological polar surface area (TPSA) is 44.1 Å². The summed E-state index contributed by atoms with van der Waals surface area (Å²) in [6.45, 7) is 0. The van der Waals surface area contributed by atoms with Gasteiger partial charge in [0, 0.05) is 24.0 Å². The van der Waals surface area contributed by atoms with E-state index in [9.17, 15) is 9.18 Å². The predicted octanol–water partition coefficient (Wildman–Crippen LogP) is 2.33. The van der Waals surface area contributed by atoms with Gasteiger partial charge in [-0.1, -0.05) is 0 Å². The maximum atomic E-state index is 12.8. The van der Waals surface area contributed by atoms with E-state index < -0.39 is 5.97 Å². The van der Waals surface area contributed by atoms with Gasteiger partial charge in [0.25, 0.3) is 0 Å². The third-order valence-corrected chi connectivity index (χ3v) is 2.31. The van der Waals surface area contributed by atoms with E-state index in [1.54, 1.807) is 24.4 Å². The lowest BCUT2D eigenvalue weighted by atomic mass is 10.1. The van der Waals surface area contributed by atoms with Crippen molar-refractivity contribution in [3.05, 3.63) is 48.4 Å². The number of rotatable bonds is 3. The third-order valence-electron chi connectivity index (χ3n) is 2.31. The number of esters is 1. The van der Waals surface area contributed by atoms with Crippen molar-refractivity contribution in [1.29, 1.82) is 0 Å². The van der Waals surface area contributed by atoms with Gasteiger partial charge in [0.15, 0.2) is 0 Å². The molecule has 0 bridgehead atoms. The van der Waals surface area contributed by atoms with Gasteiger partial charge in [-0.2, -0.15) is 5.10 Å². The average Bonchev–Trinajstić information content (AvgIpc) is 2.85. The molecule has 0 unspecified atom stereocenters. The average molecular weight is 246 g/mol. The van der Waals surface area contributed by atoms with Crippen LogP contribution in [0.3, 0.4) is 0 Å². The number of carbonyl (C=O) groups is 1. The van der Waals surface area contributed by atoms with Crippen LogP contribution >= 0.6 is 0 Å². The Labute approximate surface area is 103 Å². The largest absolute Gasteiger partial charge is 0.466 e. The number of aromatic nitrogens is 2. The highest BCUT2D eigenvalue weighted by atomic mass is 19.1. The SMILES string of the molecule is COC(=O)C=Cn1ccc(-c2ccc(F)cc2)n1. The first-order valence-electron chi connectivity index (χ1n) is 5.26. The van der Waals surface area contributed by atoms with Crippen molar-refractivity contribution in [1.82, 2.24) is 9.78 Å². The molecule has 0 N–H and O–H groups in total. The molecule has 5 heteroatoms. The Balaban J connectivity index is 2.18. The summed E-state index contributed by atoms with van der Waals surface area (Å²) in [5, 5.41) is 4.22. The minimum absolute atomic E-state index is 0.288. The van der Waals surface area contributed by atoms with Crippen molar-refractivity contribution >= 4 is 12.2 Å². The minimum atomic E-state index is -0.450. The molecule has 0 fully saturated rings. The minimum Gasteiger partial charge on any atom is -0.466 e. The molecule has 18 heavy (non-hydrogen) atoms. The molecule has 0 aliphatic rings. The molecule has 1 heterocycles. The Morgan fingerprint density at radius 1 is 1.33 bits per heavy atom. The number of ether oxygens (including phenoxy) is 1. The third kappa shape index (κ3) is 2.82. The zero-order valence-corrected chi connectivity index (χ0v) is 9.71. The van der Waals surface area contributed by atoms with E-state index in [0.717, 1.165) is 5.56 Å². The molecular weight excluding hydrogens is 235 g/mol. The molecule has 0 amide bonds. The van der Waals surface area contributed by atoms with Crippen molar-refractivity contribution in [3.8, 4) is 11.3 Å². The van der Waals surface area contributed by atoms with E-state index in [-0.39, 0.29) is 5.82 Å². The molecule has 4 nitrogen and oxygen atoms in total. The van der Waals surface area contributed by atoms with Crippen LogP contribution in [-0.2, 0) is 9.53 Å². The van der Waals surface area contributed by atoms with Gasteiger partial charge in [0.1, 0.15) is 5.82 Å². The van der Waals surface area contributed by atoms with Crippen molar-refractivity contribution in [3.63, 3.8) is 0 Å². The van der Waals surface area contributed by atoms with Crippen LogP contribution in [0.2, 0.25) is 0 Å². The molecule has 0 radical (unpaired) electrons. The molecule has 2 rings (SSSR count). The number of benzene rings is 1. The zero-order valence-electron chi connectivity index (χ0n) is 9.71. The molecule has 0 atom stereocenters. The van der Waals surface area contributed by atoms with E-state index in [1.165, 1.54) is 36.2 Å². The summed E-state index contributed by atoms with van der Waals surface area (Å²) in [5.41, 5.74) is 1.51. The summed E-state index contributed by atoms with van der Waals surface area (Å²) in [7, 11) is 1.31. The first-order valence-corrected chi connectivity index (χ1v) is 5.26. The van der Waals surface area contributed by atoms with Gasteiger partial charge in [-0.15, -0.1) is 0 Å². The van der Waals surface area contributed by atoms with Gasteiger partial charge in [0.2, 0.25) is 0 Å². The monoisotopic (exact) mass is 246 g/mol. The Hall–Kier alpha value is -2.43. The number of hydrogen-bond acceptors (Lipinski definition) is 3. The second-order valence-corrected chi connectivity index (χ2v) is 3.53. The van der Waals surface area contributed by atoms with Gasteiger partial charge in [-0.05, 0) is 30.3 Å². The fourth-order valence-electron chi connectivity index (χ4n) is 1.40. The second kappa shape index (κ2) is 5.27. The van der Waals surface area contributed by atoms with E-state index >= 15 is 0 Å². The molecule has 0 spiro atoms. The Kier molecular flexibility index (Phi) is 3.52. The summed E-state index contributed by atoms with van der Waals surface area (Å²) in [5.74, 6) is -0.738. The van der Waals surface area contributed by atoms with Crippen molar-refractivity contribution < 1.29 is 13.9 Å². The zero-order chi connectivity index (χ0) is 13.0. The summed E-state index contributed by atoms with van der Waals surface area (Å²) in [6, 6.07) is 7.81. The Bertz CT molecular complexity index is 573. The van der Waals surface area contributed by atoms with Crippen LogP contribution in [0.15, 0.2) is 42.6 Å². The van der Waals surface area contributed by atoms with E-state index in [4.69, 9.17) is 0 Å². The molecule has 2 aromatic rings. The predicted molar refractivity (Wildman–Crippen MR) is 65.0 cm³/mol. The van der Waals surface area contributed by atoms with Crippen LogP contribution in [0.25, 0.3) is 17.5 Å². The molecule has 1 aromatic carbocycles. The lowest BCUT2D eigenvalue weighted by Crippen LogP contribution is -1.96. The summed E-state index contributed by atoms with van der Waals surface area (Å²) in [4.78, 5) is 10.9. The van der Waals surface area contributed by atoms with Gasteiger partial charge < -0.3 is 4.74 Å². The molecule has 0 saturated heterocycles. The van der Waals surface area contributed by atoms with Crippen molar-refractivity contribution in [2.45, 2.75) is 0 Å². The van der Waals surface area contributed by atoms with Crippen LogP contribution in [0, 0.1) is 5.82 Å². The Morgan fingerprint density at radius 3 is 2.72 bits per heavy atom. The highest BCUT2D eigenvalue weighted by Crippen LogP contribution is 2.17. The van der Waals surface area contributed by atoms with Gasteiger partial charge in [-0.3, -0.25) is 0 Å². The van der Waals surface area contributed by atoms with Crippen molar-refractivity contribution in [2.75, 3.05) is 7.11 Å². The molecule has 0 saturated carbocycles. The lowest BCUT2D eigenvalue weighted by molar-refractivity contribution is -0.134. The normalized spacial score (nSPS) is 10.8. The summed E-state index contributed by atoms with van der Waals surface area (Å²) < 4.78 is 18.7. The Morgan fingerprint density at radius 2 is 2.06 bits per heavy atom. The smallest absolute Gasteiger partial charge is 0.332 e. The van der Waals surface area contributed by atoms with E-state index in [0.29, 0.717) is 5.69 Å². The maximum Gasteiger partial charge on any atom is 0.332 e. The molecular formula is C13H11FN2O2. The standard InChI is InChI=1S/C13H11FN2O2/c1-18-13(17)7-9-16-8-6-12(15-16)10-2-4-11(14)5-3-10/h2-9H,1H3. The number of carbonyl (C=O) groups excluding carboxylic acids is 1. The molecule has 1 aromatic heterocycles. The van der Waals surface area contributed by atoms with Crippen LogP contribution in [0.1, 0.15) is 0 Å². The van der Waals surface area contributed by atoms with E-state index in [2.05, 4.69) is 9.84 Å². The first kappa shape index (κ1) is 12.0. The summed E-state index contributed by atoms with van der Waals surface area (Å²) >= 11 is 0. The van der Waals surface area contributed by atoms with E-state index in [1.807, 2.05) is 0 Å². The fourth-order valence-corrected chi connectivity index (χ4v) is 1.40. The lowest BCUT2D eigenvalue weighted by Gasteiger charge is -1.95. The second-order valence-electron chi connectivity index (χ2n) is 3.53. The molecule has 0 aliphatic carbocycles.